The maximum Gasteiger partial charge on any atom is 0.413 e. The second-order valence-electron chi connectivity index (χ2n) is 4.52. The Morgan fingerprint density at radius 1 is 1.44 bits per heavy atom. The molecule has 0 saturated heterocycles. The molecule has 0 aliphatic heterocycles. The predicted molar refractivity (Wildman–Crippen MR) is 65.5 cm³/mol. The largest absolute Gasteiger partial charge is 0.444 e. The lowest BCUT2D eigenvalue weighted by Crippen LogP contribution is -2.28. The first kappa shape index (κ1) is 14.4. The first-order valence-electron chi connectivity index (χ1n) is 5.07. The van der Waals surface area contributed by atoms with E-state index in [-0.39, 0.29) is 10.7 Å². The van der Waals surface area contributed by atoms with E-state index in [2.05, 4.69) is 10.3 Å². The summed E-state index contributed by atoms with van der Waals surface area (Å²) >= 11 is 0. The van der Waals surface area contributed by atoms with Crippen LogP contribution < -0.4 is 10.5 Å². The van der Waals surface area contributed by atoms with Gasteiger partial charge in [0.05, 0.1) is 0 Å². The van der Waals surface area contributed by atoms with Gasteiger partial charge in [0.15, 0.2) is 5.82 Å². The van der Waals surface area contributed by atoms with Crippen molar-refractivity contribution in [3.63, 3.8) is 0 Å². The number of amides is 1. The number of pyridine rings is 1. The number of rotatable bonds is 2. The van der Waals surface area contributed by atoms with Crippen molar-refractivity contribution in [1.82, 2.24) is 4.98 Å². The Labute approximate surface area is 105 Å². The number of nitrogens with zero attached hydrogens (tertiary/aromatic N) is 1. The van der Waals surface area contributed by atoms with Gasteiger partial charge in [-0.05, 0) is 32.9 Å². The molecule has 3 N–H and O–H groups in total. The molecule has 1 rings (SSSR count). The van der Waals surface area contributed by atoms with Gasteiger partial charge in [-0.3, -0.25) is 5.32 Å². The molecule has 1 aromatic rings. The molecular formula is C10H15N3O4S. The zero-order chi connectivity index (χ0) is 14.0. The third kappa shape index (κ3) is 4.30. The fourth-order valence-electron chi connectivity index (χ4n) is 1.11. The maximum absolute atomic E-state index is 11.5. The average Bonchev–Trinajstić information content (AvgIpc) is 2.13. The number of anilines is 1. The molecule has 0 unspecified atom stereocenters. The molecular weight excluding hydrogens is 258 g/mol. The number of sulfonamides is 1. The van der Waals surface area contributed by atoms with Gasteiger partial charge >= 0.3 is 6.09 Å². The van der Waals surface area contributed by atoms with Crippen LogP contribution in [-0.2, 0) is 14.8 Å². The van der Waals surface area contributed by atoms with Crippen LogP contribution in [0.5, 0.6) is 0 Å². The Kier molecular flexibility index (Phi) is 3.92. The number of nitrogens with two attached hydrogens (primary N) is 1. The quantitative estimate of drug-likeness (QED) is 0.837. The Bertz CT molecular complexity index is 548. The average molecular weight is 273 g/mol. The summed E-state index contributed by atoms with van der Waals surface area (Å²) in [5, 5.41) is 7.24. The van der Waals surface area contributed by atoms with E-state index in [0.29, 0.717) is 0 Å². The number of hydrogen-bond donors (Lipinski definition) is 2. The summed E-state index contributed by atoms with van der Waals surface area (Å²) in [4.78, 5) is 15.0. The predicted octanol–water partition coefficient (Wildman–Crippen LogP) is 1.08. The minimum atomic E-state index is -3.96. The van der Waals surface area contributed by atoms with Gasteiger partial charge < -0.3 is 4.74 Å². The fourth-order valence-corrected chi connectivity index (χ4v) is 1.76. The highest BCUT2D eigenvalue weighted by Crippen LogP contribution is 2.17. The van der Waals surface area contributed by atoms with Crippen molar-refractivity contribution in [1.29, 1.82) is 0 Å². The minimum absolute atomic E-state index is 0.158. The van der Waals surface area contributed by atoms with E-state index in [0.717, 1.165) is 0 Å². The van der Waals surface area contributed by atoms with Gasteiger partial charge in [0, 0.05) is 6.20 Å². The van der Waals surface area contributed by atoms with E-state index < -0.39 is 21.7 Å². The Morgan fingerprint density at radius 2 is 2.06 bits per heavy atom. The molecule has 1 aromatic heterocycles. The number of hydrogen-bond acceptors (Lipinski definition) is 5. The lowest BCUT2D eigenvalue weighted by Gasteiger charge is -2.19. The smallest absolute Gasteiger partial charge is 0.413 e. The third-order valence-electron chi connectivity index (χ3n) is 1.70. The highest BCUT2D eigenvalue weighted by Gasteiger charge is 2.20. The second-order valence-corrected chi connectivity index (χ2v) is 6.05. The van der Waals surface area contributed by atoms with Crippen LogP contribution in [-0.4, -0.2) is 25.1 Å². The molecule has 0 fully saturated rings. The van der Waals surface area contributed by atoms with E-state index in [4.69, 9.17) is 9.88 Å². The zero-order valence-electron chi connectivity index (χ0n) is 10.3. The van der Waals surface area contributed by atoms with Gasteiger partial charge in [0.2, 0.25) is 10.0 Å². The maximum atomic E-state index is 11.5. The third-order valence-corrected chi connectivity index (χ3v) is 2.64. The van der Waals surface area contributed by atoms with E-state index in [1.54, 1.807) is 20.8 Å². The SMILES string of the molecule is CC(C)(C)OC(=O)Nc1ncccc1S(N)(=O)=O. The monoisotopic (exact) mass is 273 g/mol. The summed E-state index contributed by atoms with van der Waals surface area (Å²) in [7, 11) is -3.96. The van der Waals surface area contributed by atoms with Crippen molar-refractivity contribution >= 4 is 21.9 Å². The standard InChI is InChI=1S/C10H15N3O4S/c1-10(2,3)17-9(14)13-8-7(18(11,15)16)5-4-6-12-8/h4-6H,1-3H3,(H2,11,15,16)(H,12,13,14). The highest BCUT2D eigenvalue weighted by molar-refractivity contribution is 7.89. The topological polar surface area (TPSA) is 111 Å². The Morgan fingerprint density at radius 3 is 2.56 bits per heavy atom. The number of ether oxygens (including phenoxy) is 1. The molecule has 0 aliphatic carbocycles. The molecule has 1 heterocycles. The van der Waals surface area contributed by atoms with Gasteiger partial charge in [-0.2, -0.15) is 0 Å². The first-order valence-corrected chi connectivity index (χ1v) is 6.62. The number of carbonyl (C=O) groups is 1. The summed E-state index contributed by atoms with van der Waals surface area (Å²) in [6.45, 7) is 5.06. The lowest BCUT2D eigenvalue weighted by molar-refractivity contribution is 0.0635. The van der Waals surface area contributed by atoms with Gasteiger partial charge in [-0.1, -0.05) is 0 Å². The molecule has 0 bridgehead atoms. The van der Waals surface area contributed by atoms with Crippen molar-refractivity contribution in [3.05, 3.63) is 18.3 Å². The number of aromatic nitrogens is 1. The number of primary sulfonamides is 1. The molecule has 0 atom stereocenters. The van der Waals surface area contributed by atoms with Crippen LogP contribution in [0, 0.1) is 0 Å². The van der Waals surface area contributed by atoms with Crippen LogP contribution in [0.3, 0.4) is 0 Å². The number of nitrogens with one attached hydrogen (secondary N) is 1. The van der Waals surface area contributed by atoms with E-state index in [1.807, 2.05) is 0 Å². The molecule has 1 amide bonds. The Balaban J connectivity index is 2.96. The summed E-state index contributed by atoms with van der Waals surface area (Å²) < 4.78 is 27.5. The highest BCUT2D eigenvalue weighted by atomic mass is 32.2. The molecule has 7 nitrogen and oxygen atoms in total. The van der Waals surface area contributed by atoms with Crippen molar-refractivity contribution < 1.29 is 17.9 Å². The normalized spacial score (nSPS) is 12.0. The first-order chi connectivity index (χ1) is 8.09. The van der Waals surface area contributed by atoms with E-state index in [1.165, 1.54) is 18.3 Å². The van der Waals surface area contributed by atoms with Crippen molar-refractivity contribution in [2.24, 2.45) is 5.14 Å². The van der Waals surface area contributed by atoms with Gasteiger partial charge in [-0.15, -0.1) is 0 Å². The molecule has 8 heteroatoms. The van der Waals surface area contributed by atoms with Crippen LogP contribution in [0.25, 0.3) is 0 Å². The van der Waals surface area contributed by atoms with Gasteiger partial charge in [0.1, 0.15) is 10.5 Å². The van der Waals surface area contributed by atoms with E-state index in [9.17, 15) is 13.2 Å². The molecule has 0 spiro atoms. The molecule has 0 radical (unpaired) electrons. The summed E-state index contributed by atoms with van der Waals surface area (Å²) in [5.41, 5.74) is -0.694. The van der Waals surface area contributed by atoms with Gasteiger partial charge in [0.25, 0.3) is 0 Å². The lowest BCUT2D eigenvalue weighted by atomic mass is 10.2. The molecule has 0 saturated carbocycles. The molecule has 18 heavy (non-hydrogen) atoms. The molecule has 100 valence electrons. The van der Waals surface area contributed by atoms with Crippen molar-refractivity contribution in [3.8, 4) is 0 Å². The second kappa shape index (κ2) is 4.91. The van der Waals surface area contributed by atoms with Crippen LogP contribution in [0.4, 0.5) is 10.6 Å². The van der Waals surface area contributed by atoms with Crippen LogP contribution in [0.1, 0.15) is 20.8 Å². The van der Waals surface area contributed by atoms with E-state index >= 15 is 0 Å². The summed E-state index contributed by atoms with van der Waals surface area (Å²) in [6, 6.07) is 2.65. The number of carbonyl (C=O) groups excluding carboxylic acids is 1. The van der Waals surface area contributed by atoms with Crippen LogP contribution in [0.2, 0.25) is 0 Å². The van der Waals surface area contributed by atoms with Crippen LogP contribution >= 0.6 is 0 Å². The van der Waals surface area contributed by atoms with Crippen molar-refractivity contribution in [2.75, 3.05) is 5.32 Å². The summed E-state index contributed by atoms with van der Waals surface area (Å²) in [5.74, 6) is -0.158. The Hall–Kier alpha value is -1.67. The zero-order valence-corrected chi connectivity index (χ0v) is 11.1. The van der Waals surface area contributed by atoms with Gasteiger partial charge in [-0.25, -0.2) is 23.3 Å². The van der Waals surface area contributed by atoms with Crippen LogP contribution in [0.15, 0.2) is 23.2 Å². The minimum Gasteiger partial charge on any atom is -0.444 e. The molecule has 0 aliphatic rings. The summed E-state index contributed by atoms with van der Waals surface area (Å²) in [6.07, 6.45) is 0.535. The van der Waals surface area contributed by atoms with Crippen molar-refractivity contribution in [2.45, 2.75) is 31.3 Å². The molecule has 0 aromatic carbocycles. The fraction of sp³-hybridized carbons (Fsp3) is 0.400.